The van der Waals surface area contributed by atoms with Crippen LogP contribution in [-0.2, 0) is 15.1 Å². The fraction of sp³-hybridized carbons (Fsp3) is 0.188. The molecule has 1 aliphatic rings. The number of anilines is 1. The van der Waals surface area contributed by atoms with Crippen molar-refractivity contribution in [1.29, 1.82) is 0 Å². The summed E-state index contributed by atoms with van der Waals surface area (Å²) < 4.78 is 5.70. The molecule has 0 spiro atoms. The van der Waals surface area contributed by atoms with E-state index in [1.807, 2.05) is 54.6 Å². The first-order valence-corrected chi connectivity index (χ1v) is 6.20. The average molecular weight is 253 g/mol. The van der Waals surface area contributed by atoms with Gasteiger partial charge in [0.05, 0.1) is 5.69 Å². The van der Waals surface area contributed by atoms with Gasteiger partial charge in [-0.2, -0.15) is 0 Å². The minimum absolute atomic E-state index is 0.0533. The second-order valence-electron chi connectivity index (χ2n) is 4.63. The molecular formula is C16H15NO2. The maximum atomic E-state index is 12.7. The Balaban J connectivity index is 2.30. The lowest BCUT2D eigenvalue weighted by molar-refractivity contribution is -0.134. The van der Waals surface area contributed by atoms with E-state index in [9.17, 15) is 4.79 Å². The van der Waals surface area contributed by atoms with Crippen molar-refractivity contribution in [3.05, 3.63) is 65.7 Å². The molecular weight excluding hydrogens is 238 g/mol. The number of carbonyl (C=O) groups excluding carboxylic acids is 1. The number of benzene rings is 2. The number of likely N-dealkylation sites (N-methyl/N-ethyl adjacent to an activating group) is 1. The normalized spacial score (nSPS) is 21.6. The van der Waals surface area contributed by atoms with Gasteiger partial charge in [0.25, 0.3) is 5.91 Å². The third-order valence-electron chi connectivity index (χ3n) is 3.74. The van der Waals surface area contributed by atoms with E-state index in [0.29, 0.717) is 0 Å². The number of nitrogens with zero attached hydrogens (tertiary/aromatic N) is 1. The third-order valence-corrected chi connectivity index (χ3v) is 3.74. The summed E-state index contributed by atoms with van der Waals surface area (Å²) in [6.45, 7) is 0. The quantitative estimate of drug-likeness (QED) is 0.823. The van der Waals surface area contributed by atoms with Crippen LogP contribution in [0.1, 0.15) is 11.1 Å². The molecule has 0 aliphatic carbocycles. The van der Waals surface area contributed by atoms with E-state index in [1.165, 1.54) is 0 Å². The standard InChI is InChI=1S/C16H15NO2/c1-17-14-11-7-6-10-13(14)16(19-2,15(17)18)12-8-4-3-5-9-12/h3-11H,1-2H3. The van der Waals surface area contributed by atoms with Gasteiger partial charge in [0.1, 0.15) is 0 Å². The van der Waals surface area contributed by atoms with E-state index in [4.69, 9.17) is 4.74 Å². The summed E-state index contributed by atoms with van der Waals surface area (Å²) in [7, 11) is 3.37. The van der Waals surface area contributed by atoms with Gasteiger partial charge in [-0.1, -0.05) is 48.5 Å². The minimum Gasteiger partial charge on any atom is -0.359 e. The van der Waals surface area contributed by atoms with Gasteiger partial charge in [-0.05, 0) is 11.6 Å². The summed E-state index contributed by atoms with van der Waals surface area (Å²) in [6.07, 6.45) is 0. The van der Waals surface area contributed by atoms with Gasteiger partial charge in [0.2, 0.25) is 0 Å². The Hall–Kier alpha value is -2.13. The molecule has 1 atom stereocenters. The number of fused-ring (bicyclic) bond motifs is 1. The van der Waals surface area contributed by atoms with Crippen molar-refractivity contribution in [1.82, 2.24) is 0 Å². The lowest BCUT2D eigenvalue weighted by Crippen LogP contribution is -2.41. The van der Waals surface area contributed by atoms with Crippen LogP contribution in [-0.4, -0.2) is 20.1 Å². The SMILES string of the molecule is COC1(c2ccccc2)C(=O)N(C)c2ccccc21. The van der Waals surface area contributed by atoms with Crippen LogP contribution in [0.3, 0.4) is 0 Å². The highest BCUT2D eigenvalue weighted by atomic mass is 16.5. The Labute approximate surface area is 112 Å². The predicted octanol–water partition coefficient (Wildman–Crippen LogP) is 2.55. The summed E-state index contributed by atoms with van der Waals surface area (Å²) in [5.74, 6) is -0.0533. The van der Waals surface area contributed by atoms with E-state index in [1.54, 1.807) is 19.1 Å². The van der Waals surface area contributed by atoms with Crippen molar-refractivity contribution in [3.8, 4) is 0 Å². The van der Waals surface area contributed by atoms with Gasteiger partial charge < -0.3 is 9.64 Å². The molecule has 3 nitrogen and oxygen atoms in total. The second-order valence-corrected chi connectivity index (χ2v) is 4.63. The Morgan fingerprint density at radius 3 is 2.32 bits per heavy atom. The molecule has 1 heterocycles. The zero-order valence-electron chi connectivity index (χ0n) is 11.0. The van der Waals surface area contributed by atoms with Crippen molar-refractivity contribution in [2.75, 3.05) is 19.1 Å². The van der Waals surface area contributed by atoms with Crippen LogP contribution in [0.25, 0.3) is 0 Å². The average Bonchev–Trinajstić information content (AvgIpc) is 2.70. The van der Waals surface area contributed by atoms with E-state index in [0.717, 1.165) is 16.8 Å². The molecule has 0 fully saturated rings. The van der Waals surface area contributed by atoms with Crippen LogP contribution in [0.15, 0.2) is 54.6 Å². The lowest BCUT2D eigenvalue weighted by atomic mass is 9.87. The van der Waals surface area contributed by atoms with Gasteiger partial charge in [0, 0.05) is 19.7 Å². The predicted molar refractivity (Wildman–Crippen MR) is 74.1 cm³/mol. The van der Waals surface area contributed by atoms with Crippen LogP contribution >= 0.6 is 0 Å². The molecule has 3 heteroatoms. The van der Waals surface area contributed by atoms with Crippen LogP contribution in [0.5, 0.6) is 0 Å². The number of hydrogen-bond acceptors (Lipinski definition) is 2. The maximum absolute atomic E-state index is 12.7. The molecule has 1 amide bonds. The summed E-state index contributed by atoms with van der Waals surface area (Å²) >= 11 is 0. The van der Waals surface area contributed by atoms with Crippen LogP contribution in [0.4, 0.5) is 5.69 Å². The highest BCUT2D eigenvalue weighted by molar-refractivity contribution is 6.08. The molecule has 1 unspecified atom stereocenters. The first kappa shape index (κ1) is 11.9. The monoisotopic (exact) mass is 253 g/mol. The summed E-state index contributed by atoms with van der Waals surface area (Å²) in [5.41, 5.74) is 1.64. The number of ether oxygens (including phenoxy) is 1. The van der Waals surface area contributed by atoms with E-state index in [-0.39, 0.29) is 5.91 Å². The third kappa shape index (κ3) is 1.45. The first-order chi connectivity index (χ1) is 9.21. The van der Waals surface area contributed by atoms with E-state index < -0.39 is 5.60 Å². The fourth-order valence-corrected chi connectivity index (χ4v) is 2.79. The highest BCUT2D eigenvalue weighted by Gasteiger charge is 2.51. The minimum atomic E-state index is -1.02. The molecule has 2 aromatic rings. The number of carbonyl (C=O) groups is 1. The van der Waals surface area contributed by atoms with Crippen molar-refractivity contribution in [3.63, 3.8) is 0 Å². The zero-order valence-corrected chi connectivity index (χ0v) is 11.0. The Morgan fingerprint density at radius 1 is 1.00 bits per heavy atom. The van der Waals surface area contributed by atoms with Crippen molar-refractivity contribution in [2.24, 2.45) is 0 Å². The second kappa shape index (κ2) is 4.21. The van der Waals surface area contributed by atoms with E-state index in [2.05, 4.69) is 0 Å². The number of hydrogen-bond donors (Lipinski definition) is 0. The van der Waals surface area contributed by atoms with Gasteiger partial charge >= 0.3 is 0 Å². The largest absolute Gasteiger partial charge is 0.359 e. The molecule has 0 N–H and O–H groups in total. The molecule has 1 aliphatic heterocycles. The molecule has 0 radical (unpaired) electrons. The Kier molecular flexibility index (Phi) is 2.64. The molecule has 0 saturated heterocycles. The topological polar surface area (TPSA) is 29.5 Å². The number of rotatable bonds is 2. The molecule has 96 valence electrons. The molecule has 0 saturated carbocycles. The summed E-state index contributed by atoms with van der Waals surface area (Å²) in [6, 6.07) is 17.4. The molecule has 2 aromatic carbocycles. The lowest BCUT2D eigenvalue weighted by Gasteiger charge is -2.27. The van der Waals surface area contributed by atoms with Crippen LogP contribution < -0.4 is 4.90 Å². The zero-order chi connectivity index (χ0) is 13.5. The number of para-hydroxylation sites is 1. The van der Waals surface area contributed by atoms with Crippen LogP contribution in [0, 0.1) is 0 Å². The smallest absolute Gasteiger partial charge is 0.268 e. The summed E-state index contributed by atoms with van der Waals surface area (Å²) in [5, 5.41) is 0. The van der Waals surface area contributed by atoms with Gasteiger partial charge in [0.15, 0.2) is 5.60 Å². The van der Waals surface area contributed by atoms with Gasteiger partial charge in [-0.3, -0.25) is 4.79 Å². The fourth-order valence-electron chi connectivity index (χ4n) is 2.79. The van der Waals surface area contributed by atoms with Crippen LogP contribution in [0.2, 0.25) is 0 Å². The van der Waals surface area contributed by atoms with Crippen molar-refractivity contribution >= 4 is 11.6 Å². The van der Waals surface area contributed by atoms with E-state index >= 15 is 0 Å². The molecule has 3 rings (SSSR count). The first-order valence-electron chi connectivity index (χ1n) is 6.20. The van der Waals surface area contributed by atoms with Gasteiger partial charge in [-0.25, -0.2) is 0 Å². The van der Waals surface area contributed by atoms with Crippen molar-refractivity contribution in [2.45, 2.75) is 5.60 Å². The number of amides is 1. The molecule has 19 heavy (non-hydrogen) atoms. The van der Waals surface area contributed by atoms with Crippen molar-refractivity contribution < 1.29 is 9.53 Å². The number of methoxy groups -OCH3 is 1. The Bertz CT molecular complexity index is 624. The summed E-state index contributed by atoms with van der Waals surface area (Å²) in [4.78, 5) is 14.4. The Morgan fingerprint density at radius 2 is 1.63 bits per heavy atom. The van der Waals surface area contributed by atoms with Gasteiger partial charge in [-0.15, -0.1) is 0 Å². The highest BCUT2D eigenvalue weighted by Crippen LogP contribution is 2.45. The molecule has 0 aromatic heterocycles. The molecule has 0 bridgehead atoms. The maximum Gasteiger partial charge on any atom is 0.268 e.